The van der Waals surface area contributed by atoms with E-state index in [4.69, 9.17) is 4.42 Å². The number of pyridine rings is 1. The molecule has 0 amide bonds. The van der Waals surface area contributed by atoms with Gasteiger partial charge < -0.3 is 9.32 Å². The van der Waals surface area contributed by atoms with E-state index in [9.17, 15) is 0 Å². The van der Waals surface area contributed by atoms with Crippen molar-refractivity contribution in [3.05, 3.63) is 54.4 Å². The predicted molar refractivity (Wildman–Crippen MR) is 75.1 cm³/mol. The van der Waals surface area contributed by atoms with Crippen molar-refractivity contribution in [1.29, 1.82) is 0 Å². The number of oxazole rings is 1. The molecular weight excluding hydrogens is 238 g/mol. The Morgan fingerprint density at radius 3 is 2.63 bits per heavy atom. The molecule has 0 aliphatic carbocycles. The molecular formula is C15H15N3O. The van der Waals surface area contributed by atoms with Gasteiger partial charge in [0.25, 0.3) is 6.01 Å². The lowest BCUT2D eigenvalue weighted by atomic mass is 10.2. The fraction of sp³-hybridized carbons (Fsp3) is 0.200. The van der Waals surface area contributed by atoms with Crippen LogP contribution in [0.4, 0.5) is 6.01 Å². The third-order valence-corrected chi connectivity index (χ3v) is 3.28. The van der Waals surface area contributed by atoms with Crippen LogP contribution < -0.4 is 4.90 Å². The summed E-state index contributed by atoms with van der Waals surface area (Å²) in [6.45, 7) is 2.08. The third-order valence-electron chi connectivity index (χ3n) is 3.28. The SMILES string of the molecule is CC(c1ccccn1)N(C)c1nc2ccccc2o1. The summed E-state index contributed by atoms with van der Waals surface area (Å²) < 4.78 is 5.76. The molecule has 1 unspecified atom stereocenters. The van der Waals surface area contributed by atoms with Crippen LogP contribution in [-0.4, -0.2) is 17.0 Å². The average molecular weight is 253 g/mol. The van der Waals surface area contributed by atoms with Gasteiger partial charge in [0, 0.05) is 13.2 Å². The van der Waals surface area contributed by atoms with E-state index in [2.05, 4.69) is 16.9 Å². The molecule has 2 aromatic heterocycles. The Morgan fingerprint density at radius 1 is 1.11 bits per heavy atom. The van der Waals surface area contributed by atoms with Gasteiger partial charge in [0.2, 0.25) is 0 Å². The zero-order chi connectivity index (χ0) is 13.2. The van der Waals surface area contributed by atoms with Crippen molar-refractivity contribution < 1.29 is 4.42 Å². The quantitative estimate of drug-likeness (QED) is 0.717. The van der Waals surface area contributed by atoms with Crippen LogP contribution in [-0.2, 0) is 0 Å². The molecule has 1 aromatic carbocycles. The summed E-state index contributed by atoms with van der Waals surface area (Å²) in [5, 5.41) is 0. The Hall–Kier alpha value is -2.36. The average Bonchev–Trinajstić information content (AvgIpc) is 2.90. The van der Waals surface area contributed by atoms with Crippen LogP contribution >= 0.6 is 0 Å². The maximum Gasteiger partial charge on any atom is 0.298 e. The number of anilines is 1. The van der Waals surface area contributed by atoms with Crippen LogP contribution in [0, 0.1) is 0 Å². The first-order valence-electron chi connectivity index (χ1n) is 6.25. The van der Waals surface area contributed by atoms with Crippen molar-refractivity contribution in [2.24, 2.45) is 0 Å². The van der Waals surface area contributed by atoms with Gasteiger partial charge in [-0.3, -0.25) is 4.98 Å². The first-order valence-corrected chi connectivity index (χ1v) is 6.25. The molecule has 4 heteroatoms. The Morgan fingerprint density at radius 2 is 1.89 bits per heavy atom. The maximum atomic E-state index is 5.76. The Kier molecular flexibility index (Phi) is 2.91. The fourth-order valence-corrected chi connectivity index (χ4v) is 2.00. The van der Waals surface area contributed by atoms with E-state index in [1.54, 1.807) is 6.20 Å². The van der Waals surface area contributed by atoms with Gasteiger partial charge in [-0.15, -0.1) is 0 Å². The molecule has 96 valence electrons. The Bertz CT molecular complexity index is 645. The first kappa shape index (κ1) is 11.7. The van der Waals surface area contributed by atoms with Crippen LogP contribution in [0.2, 0.25) is 0 Å². The molecule has 0 bridgehead atoms. The van der Waals surface area contributed by atoms with E-state index >= 15 is 0 Å². The van der Waals surface area contributed by atoms with Crippen molar-refractivity contribution in [1.82, 2.24) is 9.97 Å². The van der Waals surface area contributed by atoms with Gasteiger partial charge in [0.05, 0.1) is 11.7 Å². The molecule has 0 aliphatic heterocycles. The molecule has 3 aromatic rings. The molecule has 3 rings (SSSR count). The topological polar surface area (TPSA) is 42.2 Å². The normalized spacial score (nSPS) is 12.5. The van der Waals surface area contributed by atoms with Crippen molar-refractivity contribution in [2.45, 2.75) is 13.0 Å². The molecule has 19 heavy (non-hydrogen) atoms. The number of benzene rings is 1. The summed E-state index contributed by atoms with van der Waals surface area (Å²) in [4.78, 5) is 10.8. The minimum Gasteiger partial charge on any atom is -0.423 e. The maximum absolute atomic E-state index is 5.76. The van der Waals surface area contributed by atoms with Gasteiger partial charge in [0.15, 0.2) is 5.58 Å². The van der Waals surface area contributed by atoms with Crippen molar-refractivity contribution in [3.8, 4) is 0 Å². The molecule has 0 saturated carbocycles. The highest BCUT2D eigenvalue weighted by atomic mass is 16.4. The van der Waals surface area contributed by atoms with Crippen LogP contribution in [0.25, 0.3) is 11.1 Å². The standard InChI is InChI=1S/C15H15N3O/c1-11(12-7-5-6-10-16-12)18(2)15-17-13-8-3-4-9-14(13)19-15/h3-11H,1-2H3. The number of aromatic nitrogens is 2. The minimum atomic E-state index is 0.106. The largest absolute Gasteiger partial charge is 0.423 e. The van der Waals surface area contributed by atoms with E-state index < -0.39 is 0 Å². The zero-order valence-corrected chi connectivity index (χ0v) is 10.9. The monoisotopic (exact) mass is 253 g/mol. The summed E-state index contributed by atoms with van der Waals surface area (Å²) >= 11 is 0. The highest BCUT2D eigenvalue weighted by Crippen LogP contribution is 2.26. The molecule has 0 N–H and O–H groups in total. The highest BCUT2D eigenvalue weighted by molar-refractivity contribution is 5.74. The van der Waals surface area contributed by atoms with E-state index in [0.717, 1.165) is 16.8 Å². The molecule has 0 spiro atoms. The van der Waals surface area contributed by atoms with E-state index in [-0.39, 0.29) is 6.04 Å². The third kappa shape index (κ3) is 2.17. The van der Waals surface area contributed by atoms with Gasteiger partial charge in [-0.05, 0) is 31.2 Å². The first-order chi connectivity index (χ1) is 9.25. The number of nitrogens with zero attached hydrogens (tertiary/aromatic N) is 3. The Labute approximate surface area is 111 Å². The molecule has 1 atom stereocenters. The smallest absolute Gasteiger partial charge is 0.298 e. The van der Waals surface area contributed by atoms with Gasteiger partial charge >= 0.3 is 0 Å². The van der Waals surface area contributed by atoms with Crippen molar-refractivity contribution >= 4 is 17.1 Å². The zero-order valence-electron chi connectivity index (χ0n) is 10.9. The number of hydrogen-bond donors (Lipinski definition) is 0. The molecule has 0 fully saturated rings. The van der Waals surface area contributed by atoms with Crippen molar-refractivity contribution in [2.75, 3.05) is 11.9 Å². The second kappa shape index (κ2) is 4.72. The second-order valence-corrected chi connectivity index (χ2v) is 4.51. The molecule has 0 radical (unpaired) electrons. The summed E-state index contributed by atoms with van der Waals surface area (Å²) in [6, 6.07) is 14.4. The van der Waals surface area contributed by atoms with E-state index in [1.165, 1.54) is 0 Å². The van der Waals surface area contributed by atoms with E-state index in [0.29, 0.717) is 6.01 Å². The predicted octanol–water partition coefficient (Wildman–Crippen LogP) is 3.42. The number of rotatable bonds is 3. The van der Waals surface area contributed by atoms with Crippen LogP contribution in [0.5, 0.6) is 0 Å². The van der Waals surface area contributed by atoms with Crippen LogP contribution in [0.3, 0.4) is 0 Å². The Balaban J connectivity index is 1.93. The summed E-state index contributed by atoms with van der Waals surface area (Å²) in [5.41, 5.74) is 2.67. The summed E-state index contributed by atoms with van der Waals surface area (Å²) in [5.74, 6) is 0. The number of fused-ring (bicyclic) bond motifs is 1. The molecule has 0 saturated heterocycles. The minimum absolute atomic E-state index is 0.106. The summed E-state index contributed by atoms with van der Waals surface area (Å²) in [6.07, 6.45) is 1.80. The fourth-order valence-electron chi connectivity index (χ4n) is 2.00. The lowest BCUT2D eigenvalue weighted by Gasteiger charge is -2.22. The van der Waals surface area contributed by atoms with Gasteiger partial charge in [0.1, 0.15) is 5.52 Å². The second-order valence-electron chi connectivity index (χ2n) is 4.51. The molecule has 4 nitrogen and oxygen atoms in total. The highest BCUT2D eigenvalue weighted by Gasteiger charge is 2.18. The molecule has 2 heterocycles. The van der Waals surface area contributed by atoms with Gasteiger partial charge in [-0.25, -0.2) is 0 Å². The van der Waals surface area contributed by atoms with Crippen molar-refractivity contribution in [3.63, 3.8) is 0 Å². The van der Waals surface area contributed by atoms with Crippen LogP contribution in [0.1, 0.15) is 18.7 Å². The van der Waals surface area contributed by atoms with Gasteiger partial charge in [-0.1, -0.05) is 18.2 Å². The van der Waals surface area contributed by atoms with E-state index in [1.807, 2.05) is 54.4 Å². The number of hydrogen-bond acceptors (Lipinski definition) is 4. The lowest BCUT2D eigenvalue weighted by Crippen LogP contribution is -2.22. The summed E-state index contributed by atoms with van der Waals surface area (Å²) in [7, 11) is 1.96. The lowest BCUT2D eigenvalue weighted by molar-refractivity contribution is 0.553. The number of para-hydroxylation sites is 2. The van der Waals surface area contributed by atoms with Gasteiger partial charge in [-0.2, -0.15) is 4.98 Å². The molecule has 0 aliphatic rings. The van der Waals surface area contributed by atoms with Crippen LogP contribution in [0.15, 0.2) is 53.1 Å².